The van der Waals surface area contributed by atoms with E-state index in [4.69, 9.17) is 4.42 Å². The van der Waals surface area contributed by atoms with Crippen LogP contribution in [-0.2, 0) is 0 Å². The molecule has 1 saturated heterocycles. The summed E-state index contributed by atoms with van der Waals surface area (Å²) in [5, 5.41) is 5.22. The van der Waals surface area contributed by atoms with Crippen molar-refractivity contribution in [2.45, 2.75) is 74.9 Å². The summed E-state index contributed by atoms with van der Waals surface area (Å²) in [7, 11) is 0.736. The molecule has 0 bridgehead atoms. The summed E-state index contributed by atoms with van der Waals surface area (Å²) >= 11 is -2.00. The number of para-hydroxylation sites is 1. The zero-order chi connectivity index (χ0) is 21.8. The van der Waals surface area contributed by atoms with Crippen molar-refractivity contribution in [3.63, 3.8) is 0 Å². The number of anilines is 1. The molecule has 0 saturated carbocycles. The SMILES string of the molecule is CCC([Si]c1cc[c]([Ge]([CH2]C)([CH2]C)[CH2]C)o1)N1CCN(c2ccccc2)C(C)(C)C1. The zero-order valence-corrected chi connectivity index (χ0v) is 23.0. The number of piperazine rings is 1. The molecule has 5 heteroatoms. The topological polar surface area (TPSA) is 19.6 Å². The predicted molar refractivity (Wildman–Crippen MR) is 134 cm³/mol. The van der Waals surface area contributed by atoms with Gasteiger partial charge in [0, 0.05) is 0 Å². The quantitative estimate of drug-likeness (QED) is 0.482. The fourth-order valence-electron chi connectivity index (χ4n) is 5.13. The van der Waals surface area contributed by atoms with Crippen LogP contribution in [0.25, 0.3) is 0 Å². The van der Waals surface area contributed by atoms with Gasteiger partial charge in [0.05, 0.1) is 0 Å². The maximum atomic E-state index is 6.55. The van der Waals surface area contributed by atoms with Crippen LogP contribution in [0.3, 0.4) is 0 Å². The third-order valence-corrected chi connectivity index (χ3v) is 20.2. The molecular weight excluding hydrogens is 445 g/mol. The minimum absolute atomic E-state index is 0.128. The Morgan fingerprint density at radius 2 is 1.63 bits per heavy atom. The Morgan fingerprint density at radius 3 is 2.20 bits per heavy atom. The van der Waals surface area contributed by atoms with Gasteiger partial charge >= 0.3 is 184 Å². The number of rotatable bonds is 9. The van der Waals surface area contributed by atoms with Crippen molar-refractivity contribution in [2.75, 3.05) is 24.5 Å². The van der Waals surface area contributed by atoms with Gasteiger partial charge < -0.3 is 0 Å². The Hall–Kier alpha value is -0.980. The molecule has 0 N–H and O–H groups in total. The molecule has 1 aliphatic heterocycles. The van der Waals surface area contributed by atoms with Crippen LogP contribution in [0.4, 0.5) is 5.69 Å². The summed E-state index contributed by atoms with van der Waals surface area (Å²) in [4.78, 5) is 5.30. The molecule has 0 spiro atoms. The maximum absolute atomic E-state index is 6.55. The van der Waals surface area contributed by atoms with Gasteiger partial charge in [0.25, 0.3) is 0 Å². The molecule has 1 atom stereocenters. The van der Waals surface area contributed by atoms with E-state index in [1.54, 1.807) is 0 Å². The molecular formula is C25H40GeN2OSi. The van der Waals surface area contributed by atoms with E-state index in [0.717, 1.165) is 29.2 Å². The Morgan fingerprint density at radius 1 is 0.967 bits per heavy atom. The fourth-order valence-corrected chi connectivity index (χ4v) is 13.6. The van der Waals surface area contributed by atoms with Crippen molar-refractivity contribution in [3.8, 4) is 0 Å². The van der Waals surface area contributed by atoms with Crippen LogP contribution in [0.1, 0.15) is 48.0 Å². The minimum atomic E-state index is -2.00. The molecule has 3 nitrogen and oxygen atoms in total. The van der Waals surface area contributed by atoms with Crippen LogP contribution in [0.15, 0.2) is 46.9 Å². The van der Waals surface area contributed by atoms with Crippen molar-refractivity contribution in [2.24, 2.45) is 0 Å². The summed E-state index contributed by atoms with van der Waals surface area (Å²) < 4.78 is 7.93. The first-order chi connectivity index (χ1) is 14.4. The molecule has 164 valence electrons. The second kappa shape index (κ2) is 10.1. The monoisotopic (exact) mass is 486 g/mol. The van der Waals surface area contributed by atoms with Gasteiger partial charge in [0.2, 0.25) is 0 Å². The van der Waals surface area contributed by atoms with Gasteiger partial charge in [-0.05, 0) is 0 Å². The zero-order valence-electron chi connectivity index (χ0n) is 19.9. The number of hydrogen-bond acceptors (Lipinski definition) is 3. The van der Waals surface area contributed by atoms with Crippen molar-refractivity contribution in [1.29, 1.82) is 0 Å². The third kappa shape index (κ3) is 4.91. The average molecular weight is 485 g/mol. The van der Waals surface area contributed by atoms with Crippen molar-refractivity contribution in [1.82, 2.24) is 4.90 Å². The van der Waals surface area contributed by atoms with Gasteiger partial charge in [0.15, 0.2) is 0 Å². The molecule has 0 amide bonds. The molecule has 1 fully saturated rings. The Balaban J connectivity index is 1.70. The average Bonchev–Trinajstić information content (AvgIpc) is 3.23. The first-order valence-corrected chi connectivity index (χ1v) is 18.4. The summed E-state index contributed by atoms with van der Waals surface area (Å²) in [6.45, 7) is 17.5. The number of nitrogens with zero attached hydrogens (tertiary/aromatic N) is 2. The summed E-state index contributed by atoms with van der Waals surface area (Å²) in [6, 6.07) is 15.5. The fraction of sp³-hybridized carbons (Fsp3) is 0.600. The van der Waals surface area contributed by atoms with E-state index in [2.05, 4.69) is 93.8 Å². The van der Waals surface area contributed by atoms with Crippen LogP contribution < -0.4 is 14.9 Å². The van der Waals surface area contributed by atoms with E-state index in [-0.39, 0.29) is 5.54 Å². The van der Waals surface area contributed by atoms with Gasteiger partial charge in [-0.15, -0.1) is 0 Å². The molecule has 2 heterocycles. The molecule has 30 heavy (non-hydrogen) atoms. The van der Waals surface area contributed by atoms with Crippen molar-refractivity contribution < 1.29 is 4.42 Å². The molecule has 1 aromatic carbocycles. The molecule has 2 radical (unpaired) electrons. The number of benzene rings is 1. The predicted octanol–water partition coefficient (Wildman–Crippen LogP) is 4.66. The molecule has 1 aliphatic rings. The Kier molecular flexibility index (Phi) is 7.97. The van der Waals surface area contributed by atoms with Crippen molar-refractivity contribution >= 4 is 38.4 Å². The van der Waals surface area contributed by atoms with Crippen LogP contribution in [0.2, 0.25) is 15.8 Å². The molecule has 1 aromatic heterocycles. The van der Waals surface area contributed by atoms with E-state index >= 15 is 0 Å². The first kappa shape index (κ1) is 23.7. The van der Waals surface area contributed by atoms with Gasteiger partial charge in [-0.2, -0.15) is 0 Å². The van der Waals surface area contributed by atoms with Crippen LogP contribution in [0.5, 0.6) is 0 Å². The third-order valence-electron chi connectivity index (χ3n) is 7.29. The second-order valence-electron chi connectivity index (χ2n) is 9.34. The van der Waals surface area contributed by atoms with E-state index in [1.807, 2.05) is 0 Å². The molecule has 0 aliphatic carbocycles. The van der Waals surface area contributed by atoms with Crippen LogP contribution in [0, 0.1) is 0 Å². The van der Waals surface area contributed by atoms with Crippen LogP contribution >= 0.6 is 0 Å². The first-order valence-electron chi connectivity index (χ1n) is 11.8. The van der Waals surface area contributed by atoms with E-state index in [1.165, 1.54) is 37.8 Å². The molecule has 3 rings (SSSR count). The van der Waals surface area contributed by atoms with Gasteiger partial charge in [0.1, 0.15) is 0 Å². The summed E-state index contributed by atoms with van der Waals surface area (Å²) in [5.74, 6) is 0. The number of hydrogen-bond donors (Lipinski definition) is 0. The Bertz CT molecular complexity index is 779. The van der Waals surface area contributed by atoms with Gasteiger partial charge in [-0.25, -0.2) is 0 Å². The van der Waals surface area contributed by atoms with Gasteiger partial charge in [-0.1, -0.05) is 6.07 Å². The normalized spacial score (nSPS) is 18.5. The standard InChI is InChI=1S/C25H40GeN2OSi/c1-7-23(30-24-17-16-22(29-24)26(8-2,9-3)10-4)27-18-19-28(25(5,6)20-27)21-14-12-11-13-15-21/h11-17,23H,7-10,18-20H2,1-6H3. The molecule has 1 unspecified atom stereocenters. The van der Waals surface area contributed by atoms with Crippen molar-refractivity contribution in [3.05, 3.63) is 42.5 Å². The summed E-state index contributed by atoms with van der Waals surface area (Å²) in [5.41, 5.74) is 2.05. The second-order valence-corrected chi connectivity index (χ2v) is 21.6. The number of furan rings is 1. The molecule has 2 aromatic rings. The van der Waals surface area contributed by atoms with E-state index < -0.39 is 13.3 Å². The van der Waals surface area contributed by atoms with E-state index in [0.29, 0.717) is 5.67 Å². The van der Waals surface area contributed by atoms with Gasteiger partial charge in [-0.3, -0.25) is 0 Å². The Labute approximate surface area is 189 Å². The van der Waals surface area contributed by atoms with Crippen LogP contribution in [-0.4, -0.2) is 58.5 Å². The summed E-state index contributed by atoms with van der Waals surface area (Å²) in [6.07, 6.45) is 1.18. The van der Waals surface area contributed by atoms with E-state index in [9.17, 15) is 0 Å².